The summed E-state index contributed by atoms with van der Waals surface area (Å²) in [5.74, 6) is -0.330. The summed E-state index contributed by atoms with van der Waals surface area (Å²) >= 11 is 6.33. The average Bonchev–Trinajstić information content (AvgIpc) is 2.71. The molecule has 0 unspecified atom stereocenters. The Morgan fingerprint density at radius 3 is 2.71 bits per heavy atom. The lowest BCUT2D eigenvalue weighted by molar-refractivity contribution is 0.0951. The van der Waals surface area contributed by atoms with E-state index in [-0.39, 0.29) is 11.7 Å². The van der Waals surface area contributed by atoms with Crippen LogP contribution >= 0.6 is 11.6 Å². The topological polar surface area (TPSA) is 34.0 Å². The molecule has 0 fully saturated rings. The molecule has 1 aliphatic heterocycles. The molecule has 24 heavy (non-hydrogen) atoms. The first-order valence-electron chi connectivity index (χ1n) is 7.93. The number of fused-ring (bicyclic) bond motifs is 3. The van der Waals surface area contributed by atoms with E-state index in [4.69, 9.17) is 11.6 Å². The van der Waals surface area contributed by atoms with Crippen molar-refractivity contribution in [3.05, 3.63) is 58.5 Å². The van der Waals surface area contributed by atoms with Crippen LogP contribution in [0.1, 0.15) is 22.5 Å². The Bertz CT molecular complexity index is 960. The molecule has 0 bridgehead atoms. The molecule has 122 valence electrons. The molecule has 1 N–H and O–H groups in total. The highest BCUT2D eigenvalue weighted by atomic mass is 35.5. The molecule has 1 amide bonds. The smallest absolute Gasteiger partial charge is 0.268 e. The van der Waals surface area contributed by atoms with E-state index < -0.39 is 0 Å². The summed E-state index contributed by atoms with van der Waals surface area (Å²) in [5.41, 5.74) is 4.40. The Labute approximate surface area is 144 Å². The number of hydrogen-bond acceptors (Lipinski definition) is 1. The minimum Gasteiger partial charge on any atom is -0.351 e. The van der Waals surface area contributed by atoms with Gasteiger partial charge in [-0.25, -0.2) is 4.39 Å². The van der Waals surface area contributed by atoms with Gasteiger partial charge < -0.3 is 9.88 Å². The first-order valence-corrected chi connectivity index (χ1v) is 8.30. The zero-order valence-corrected chi connectivity index (χ0v) is 14.0. The molecule has 3 aromatic rings. The summed E-state index contributed by atoms with van der Waals surface area (Å²) in [4.78, 5) is 12.5. The second-order valence-electron chi connectivity index (χ2n) is 6.09. The molecule has 4 rings (SSSR count). The number of nitrogens with zero attached hydrogens (tertiary/aromatic N) is 1. The maximum absolute atomic E-state index is 13.3. The van der Waals surface area contributed by atoms with Gasteiger partial charge in [0.15, 0.2) is 0 Å². The fraction of sp³-hybridized carbons (Fsp3) is 0.211. The van der Waals surface area contributed by atoms with Gasteiger partial charge in [-0.3, -0.25) is 4.79 Å². The Hall–Kier alpha value is -2.33. The predicted molar refractivity (Wildman–Crippen MR) is 94.0 cm³/mol. The Balaban J connectivity index is 2.09. The summed E-state index contributed by atoms with van der Waals surface area (Å²) < 4.78 is 15.4. The molecule has 0 saturated heterocycles. The van der Waals surface area contributed by atoms with E-state index in [2.05, 4.69) is 9.88 Å². The first-order chi connectivity index (χ1) is 11.6. The third kappa shape index (κ3) is 2.29. The molecular weight excluding hydrogens is 327 g/mol. The summed E-state index contributed by atoms with van der Waals surface area (Å²) in [5, 5.41) is 4.51. The van der Waals surface area contributed by atoms with E-state index in [1.54, 1.807) is 12.1 Å². The predicted octanol–water partition coefficient (Wildman–Crippen LogP) is 4.54. The first kappa shape index (κ1) is 15.2. The monoisotopic (exact) mass is 342 g/mol. The summed E-state index contributed by atoms with van der Waals surface area (Å²) in [6.45, 7) is 3.37. The highest BCUT2D eigenvalue weighted by Gasteiger charge is 2.24. The lowest BCUT2D eigenvalue weighted by Crippen LogP contribution is -2.23. The maximum Gasteiger partial charge on any atom is 0.268 e. The van der Waals surface area contributed by atoms with Crippen LogP contribution < -0.4 is 5.32 Å². The summed E-state index contributed by atoms with van der Waals surface area (Å²) in [6, 6.07) is 10.1. The zero-order chi connectivity index (χ0) is 16.8. The van der Waals surface area contributed by atoms with E-state index in [1.807, 2.05) is 19.1 Å². The molecule has 3 nitrogen and oxygen atoms in total. The van der Waals surface area contributed by atoms with Crippen LogP contribution in [0.25, 0.3) is 22.0 Å². The van der Waals surface area contributed by atoms with Gasteiger partial charge in [-0.05, 0) is 48.7 Å². The quantitative estimate of drug-likeness (QED) is 0.692. The highest BCUT2D eigenvalue weighted by molar-refractivity contribution is 6.32. The lowest BCUT2D eigenvalue weighted by atomic mass is 10.0. The minimum absolute atomic E-state index is 0.0534. The summed E-state index contributed by atoms with van der Waals surface area (Å²) in [7, 11) is 0. The molecule has 2 aromatic carbocycles. The second-order valence-corrected chi connectivity index (χ2v) is 6.53. The van der Waals surface area contributed by atoms with Crippen LogP contribution in [-0.2, 0) is 6.54 Å². The second kappa shape index (κ2) is 5.64. The van der Waals surface area contributed by atoms with E-state index in [0.29, 0.717) is 17.3 Å². The van der Waals surface area contributed by atoms with Crippen LogP contribution in [0.15, 0.2) is 36.4 Å². The lowest BCUT2D eigenvalue weighted by Gasteiger charge is -2.11. The number of rotatable bonds is 1. The number of carbonyl (C=O) groups is 1. The fourth-order valence-corrected chi connectivity index (χ4v) is 3.72. The van der Waals surface area contributed by atoms with Crippen molar-refractivity contribution in [2.24, 2.45) is 0 Å². The molecule has 1 aromatic heterocycles. The molecule has 1 aliphatic rings. The molecule has 0 radical (unpaired) electrons. The van der Waals surface area contributed by atoms with Crippen LogP contribution in [0.3, 0.4) is 0 Å². The van der Waals surface area contributed by atoms with E-state index >= 15 is 0 Å². The van der Waals surface area contributed by atoms with Gasteiger partial charge in [0.05, 0.1) is 5.52 Å². The van der Waals surface area contributed by atoms with Gasteiger partial charge >= 0.3 is 0 Å². The third-order valence-corrected chi connectivity index (χ3v) is 4.81. The normalized spacial score (nSPS) is 14.4. The maximum atomic E-state index is 13.3. The molecule has 0 atom stereocenters. The third-order valence-electron chi connectivity index (χ3n) is 4.59. The van der Waals surface area contributed by atoms with Crippen molar-refractivity contribution in [3.63, 3.8) is 0 Å². The number of nitrogens with one attached hydrogen (secondary N) is 1. The van der Waals surface area contributed by atoms with Gasteiger partial charge in [0.25, 0.3) is 5.91 Å². The number of halogens is 2. The van der Waals surface area contributed by atoms with E-state index in [0.717, 1.165) is 40.6 Å². The van der Waals surface area contributed by atoms with Crippen molar-refractivity contribution >= 4 is 28.4 Å². The Morgan fingerprint density at radius 1 is 1.21 bits per heavy atom. The van der Waals surface area contributed by atoms with Gasteiger partial charge in [-0.15, -0.1) is 0 Å². The molecule has 0 spiro atoms. The minimum atomic E-state index is -0.276. The van der Waals surface area contributed by atoms with Crippen LogP contribution in [0, 0.1) is 12.7 Å². The van der Waals surface area contributed by atoms with Crippen molar-refractivity contribution < 1.29 is 9.18 Å². The largest absolute Gasteiger partial charge is 0.351 e. The standard InChI is InChI=1S/C19H16ClFN2O/c1-11-15-9-13(20)10-16(12-3-5-14(21)6-4-12)18(15)23-8-2-7-22-19(24)17(11)23/h3-6,9-10H,2,7-8H2,1H3,(H,22,24). The van der Waals surface area contributed by atoms with Gasteiger partial charge in [0.1, 0.15) is 11.5 Å². The van der Waals surface area contributed by atoms with Crippen molar-refractivity contribution in [2.45, 2.75) is 19.9 Å². The Morgan fingerprint density at radius 2 is 1.96 bits per heavy atom. The van der Waals surface area contributed by atoms with Crippen LogP contribution in [0.5, 0.6) is 0 Å². The molecule has 0 aliphatic carbocycles. The highest BCUT2D eigenvalue weighted by Crippen LogP contribution is 2.37. The van der Waals surface area contributed by atoms with E-state index in [1.165, 1.54) is 12.1 Å². The molecular formula is C19H16ClFN2O. The number of benzene rings is 2. The number of aromatic nitrogens is 1. The SMILES string of the molecule is Cc1c2n(c3c(-c4ccc(F)cc4)cc(Cl)cc13)CCCNC2=O. The zero-order valence-electron chi connectivity index (χ0n) is 13.2. The van der Waals surface area contributed by atoms with Gasteiger partial charge in [-0.1, -0.05) is 23.7 Å². The van der Waals surface area contributed by atoms with Crippen LogP contribution in [0.4, 0.5) is 4.39 Å². The van der Waals surface area contributed by atoms with Crippen molar-refractivity contribution in [2.75, 3.05) is 6.54 Å². The van der Waals surface area contributed by atoms with Crippen molar-refractivity contribution in [1.82, 2.24) is 9.88 Å². The van der Waals surface area contributed by atoms with Crippen molar-refractivity contribution in [3.8, 4) is 11.1 Å². The van der Waals surface area contributed by atoms with Crippen molar-refractivity contribution in [1.29, 1.82) is 0 Å². The molecule has 5 heteroatoms. The number of aryl methyl sites for hydroxylation is 2. The van der Waals surface area contributed by atoms with Crippen LogP contribution in [0.2, 0.25) is 5.02 Å². The van der Waals surface area contributed by atoms with E-state index in [9.17, 15) is 9.18 Å². The number of carbonyl (C=O) groups excluding carboxylic acids is 1. The number of amides is 1. The fourth-order valence-electron chi connectivity index (χ4n) is 3.51. The molecule has 2 heterocycles. The van der Waals surface area contributed by atoms with Gasteiger partial charge in [0.2, 0.25) is 0 Å². The average molecular weight is 343 g/mol. The summed E-state index contributed by atoms with van der Waals surface area (Å²) in [6.07, 6.45) is 0.868. The molecule has 0 saturated carbocycles. The van der Waals surface area contributed by atoms with Crippen LogP contribution in [-0.4, -0.2) is 17.0 Å². The van der Waals surface area contributed by atoms with Gasteiger partial charge in [0, 0.05) is 29.1 Å². The van der Waals surface area contributed by atoms with Gasteiger partial charge in [-0.2, -0.15) is 0 Å². The number of hydrogen-bond donors (Lipinski definition) is 1. The Kier molecular flexibility index (Phi) is 3.57.